The third kappa shape index (κ3) is 18.1. The Morgan fingerprint density at radius 3 is 0.610 bits per heavy atom. The smallest absolute Gasteiger partial charge is 0.307 e. The number of hydrogen-bond acceptors (Lipinski definition) is 24. The molecule has 0 unspecified atom stereocenters. The highest BCUT2D eigenvalue weighted by Crippen LogP contribution is 2.56. The lowest BCUT2D eigenvalue weighted by Crippen LogP contribution is -2.38. The quantitative estimate of drug-likeness (QED) is 0.0430. The number of hydrogen-bond donors (Lipinski definition) is 16. The maximum atomic E-state index is 13.2. The molecule has 4 aliphatic heterocycles. The summed E-state index contributed by atoms with van der Waals surface area (Å²) in [5, 5.41) is 146. The summed E-state index contributed by atoms with van der Waals surface area (Å²) >= 11 is 0. The summed E-state index contributed by atoms with van der Waals surface area (Å²) in [7, 11) is -20.7. The molecule has 32 nitrogen and oxygen atoms in total. The number of aliphatic carboxylic acids is 4. The van der Waals surface area contributed by atoms with E-state index in [1.54, 1.807) is 0 Å². The number of phenolic OH excluding ortho intramolecular Hbond substituents is 8. The molecule has 100 heavy (non-hydrogen) atoms. The van der Waals surface area contributed by atoms with E-state index in [9.17, 15) is 132 Å². The van der Waals surface area contributed by atoms with Crippen LogP contribution >= 0.6 is 0 Å². The highest BCUT2D eigenvalue weighted by atomic mass is 32.2. The fraction of sp³-hybridized carbons (Fsp3) is 0.562. The molecule has 4 heterocycles. The second-order valence-electron chi connectivity index (χ2n) is 27.1. The number of carboxylic acid groups (broad SMARTS) is 4. The lowest BCUT2D eigenvalue weighted by Gasteiger charge is -2.35. The minimum absolute atomic E-state index is 0.0916. The second kappa shape index (κ2) is 30.7. The normalized spacial score (nSPS) is 23.2. The van der Waals surface area contributed by atoms with Crippen LogP contribution in [0.5, 0.6) is 46.0 Å². The molecule has 4 aromatic rings. The molecule has 8 bridgehead atoms. The summed E-state index contributed by atoms with van der Waals surface area (Å²) in [6.45, 7) is -2.99. The van der Waals surface area contributed by atoms with Crippen molar-refractivity contribution in [2.75, 3.05) is 75.4 Å². The Labute approximate surface area is 576 Å². The Morgan fingerprint density at radius 2 is 0.470 bits per heavy atom. The molecule has 9 rings (SSSR count). The zero-order chi connectivity index (χ0) is 73.4. The van der Waals surface area contributed by atoms with Gasteiger partial charge in [0, 0.05) is 121 Å². The Kier molecular flexibility index (Phi) is 23.6. The number of carbonyl (C=O) groups is 4. The summed E-state index contributed by atoms with van der Waals surface area (Å²) in [6, 6.07) is 3.92. The van der Waals surface area contributed by atoms with Crippen molar-refractivity contribution in [3.05, 3.63) is 91.0 Å². The maximum absolute atomic E-state index is 13.2. The van der Waals surface area contributed by atoms with Crippen molar-refractivity contribution >= 4 is 64.3 Å². The van der Waals surface area contributed by atoms with E-state index in [1.165, 1.54) is 19.6 Å². The van der Waals surface area contributed by atoms with Gasteiger partial charge in [-0.2, -0.15) is 33.7 Å². The minimum Gasteiger partial charge on any atom is -0.507 e. The summed E-state index contributed by atoms with van der Waals surface area (Å²) in [6.07, 6.45) is -2.13. The Morgan fingerprint density at radius 1 is 0.310 bits per heavy atom. The largest absolute Gasteiger partial charge is 0.507 e. The molecule has 4 fully saturated rings. The van der Waals surface area contributed by atoms with Gasteiger partial charge < -0.3 is 61.3 Å². The average molecular weight is 1490 g/mol. The van der Waals surface area contributed by atoms with Crippen LogP contribution in [0.4, 0.5) is 0 Å². The van der Waals surface area contributed by atoms with Gasteiger partial charge in [0.15, 0.2) is 0 Å². The van der Waals surface area contributed by atoms with Gasteiger partial charge in [-0.15, -0.1) is 0 Å². The number of phenols is 8. The molecular weight excluding hydrogens is 1400 g/mol. The molecule has 552 valence electrons. The fourth-order valence-corrected chi connectivity index (χ4v) is 17.4. The first-order valence-corrected chi connectivity index (χ1v) is 39.0. The van der Waals surface area contributed by atoms with Crippen LogP contribution in [0.1, 0.15) is 167 Å². The van der Waals surface area contributed by atoms with Crippen LogP contribution in [-0.4, -0.2) is 232 Å². The van der Waals surface area contributed by atoms with E-state index in [0.29, 0.717) is 0 Å². The molecule has 1 aliphatic carbocycles. The predicted molar refractivity (Wildman–Crippen MR) is 353 cm³/mol. The number of likely N-dealkylation sites (tertiary alicyclic amines) is 4. The molecule has 0 aromatic heterocycles. The molecule has 16 N–H and O–H groups in total. The molecule has 0 amide bonds. The molecule has 5 aliphatic rings. The van der Waals surface area contributed by atoms with E-state index in [2.05, 4.69) is 0 Å². The van der Waals surface area contributed by atoms with Crippen molar-refractivity contribution in [3.8, 4) is 46.0 Å². The van der Waals surface area contributed by atoms with Gasteiger partial charge in [-0.25, -0.2) is 0 Å². The maximum Gasteiger partial charge on any atom is 0.307 e. The summed E-state index contributed by atoms with van der Waals surface area (Å²) < 4.78 is 148. The molecule has 0 saturated carbocycles. The number of aromatic hydroxyl groups is 8. The van der Waals surface area contributed by atoms with Crippen LogP contribution in [0, 0.1) is 23.7 Å². The van der Waals surface area contributed by atoms with Crippen LogP contribution in [0.3, 0.4) is 0 Å². The summed E-state index contributed by atoms with van der Waals surface area (Å²) in [5.41, 5.74) is -6.36. The predicted octanol–water partition coefficient (Wildman–Crippen LogP) is 4.47. The Bertz CT molecular complexity index is 3650. The van der Waals surface area contributed by atoms with Crippen molar-refractivity contribution in [3.63, 3.8) is 0 Å². The highest BCUT2D eigenvalue weighted by molar-refractivity contribution is 7.86. The molecular formula is C64H84N4O28S4. The second-order valence-corrected chi connectivity index (χ2v) is 33.4. The van der Waals surface area contributed by atoms with Gasteiger partial charge in [0.05, 0.1) is 68.9 Å². The van der Waals surface area contributed by atoms with Crippen LogP contribution in [-0.2, 0) is 85.8 Å². The number of carboxylic acids is 4. The Hall–Kier alpha value is -7.36. The number of piperidine rings is 4. The minimum atomic E-state index is -5.17. The highest BCUT2D eigenvalue weighted by Gasteiger charge is 2.42. The lowest BCUT2D eigenvalue weighted by molar-refractivity contribution is -0.144. The van der Waals surface area contributed by atoms with Crippen LogP contribution < -0.4 is 0 Å². The van der Waals surface area contributed by atoms with E-state index < -0.39 is 299 Å². The average Bonchev–Trinajstić information content (AvgIpc) is 0.737. The molecule has 0 spiro atoms. The zero-order valence-corrected chi connectivity index (χ0v) is 57.5. The fourth-order valence-electron chi connectivity index (χ4n) is 15.3. The van der Waals surface area contributed by atoms with E-state index >= 15 is 0 Å². The van der Waals surface area contributed by atoms with Crippen LogP contribution in [0.25, 0.3) is 0 Å². The third-order valence-corrected chi connectivity index (χ3v) is 23.3. The SMILES string of the molecule is O=C(O)[C@@H]1CCCN(Cc2c(O)c3cc(c2O)C(CCS(=O)(=O)O)c2cc(c(O)c(CN4CCC[C@@H](C(=O)O)C4)c2O)C(CCS(=O)(=O)O)c2cc(c(O)c(CN4CCC[C@@H](C(=O)O)C4)c2O)C(CCS(=O)(=O)O)c2cc(c(O)c(CN4CCC[C@@H](C(=O)O)C4)c2O)C3CCS(=O)(=O)O)C1. The number of fused-ring (bicyclic) bond motifs is 8. The molecule has 4 atom stereocenters. The first kappa shape index (κ1) is 76.8. The molecule has 36 heteroatoms. The van der Waals surface area contributed by atoms with Crippen LogP contribution in [0.2, 0.25) is 0 Å². The molecule has 0 radical (unpaired) electrons. The number of benzene rings is 4. The Balaban J connectivity index is 1.51. The first-order chi connectivity index (χ1) is 46.7. The molecule has 4 aromatic carbocycles. The van der Waals surface area contributed by atoms with Gasteiger partial charge >= 0.3 is 23.9 Å². The van der Waals surface area contributed by atoms with Gasteiger partial charge in [-0.05, 0) is 127 Å². The van der Waals surface area contributed by atoms with Crippen molar-refractivity contribution in [1.82, 2.24) is 19.6 Å². The van der Waals surface area contributed by atoms with Gasteiger partial charge in [-0.3, -0.25) is 57.0 Å². The van der Waals surface area contributed by atoms with E-state index in [4.69, 9.17) is 0 Å². The van der Waals surface area contributed by atoms with E-state index in [-0.39, 0.29) is 104 Å². The first-order valence-electron chi connectivity index (χ1n) is 32.6. The standard InChI is InChI=1S/C64H84N4O28S4/c69-53-41-21-42(54(70)49(53)29-65-13-1-5-33(25-65)61(77)78)38(10-18-98(88,89)90)44-23-46(58(74)51(56(44)72)31-67-15-3-7-35(27-67)63(81)82)40(12-20-100(94,95)96)48-24-47(59(75)52(60(48)76)32-68-16-4-8-36(28-68)64(83)84)39(11-19-99(91,92)93)45-22-43(37(41)9-17-97(85,86)87)55(71)50(57(45)73)30-66-14-2-6-34(26-66)62(79)80/h21-24,33-40,69-76H,1-20,25-32H2,(H,77,78)(H,79,80)(H,81,82)(H,83,84)(H,85,86,87)(H,88,89,90)(H,91,92,93)(H,94,95,96)/t33-,34-,35-,36-,37?,38?,39?,40?/m1/s1. The van der Waals surface area contributed by atoms with Crippen LogP contribution in [0.15, 0.2) is 24.3 Å². The zero-order valence-electron chi connectivity index (χ0n) is 54.2. The van der Waals surface area contributed by atoms with Gasteiger partial charge in [0.2, 0.25) is 0 Å². The summed E-state index contributed by atoms with van der Waals surface area (Å²) in [5.74, 6) is -29.4. The van der Waals surface area contributed by atoms with Crippen molar-refractivity contribution < 1.29 is 132 Å². The monoisotopic (exact) mass is 1480 g/mol. The van der Waals surface area contributed by atoms with Crippen molar-refractivity contribution in [1.29, 1.82) is 0 Å². The van der Waals surface area contributed by atoms with Crippen molar-refractivity contribution in [2.45, 2.75) is 127 Å². The molecule has 4 saturated heterocycles. The number of rotatable bonds is 24. The third-order valence-electron chi connectivity index (χ3n) is 20.3. The topological polar surface area (TPSA) is 541 Å². The van der Waals surface area contributed by atoms with Crippen molar-refractivity contribution in [2.24, 2.45) is 23.7 Å². The van der Waals surface area contributed by atoms with E-state index in [1.807, 2.05) is 0 Å². The number of nitrogens with zero attached hydrogens (tertiary/aromatic N) is 4. The summed E-state index contributed by atoms with van der Waals surface area (Å²) in [4.78, 5) is 56.2. The lowest BCUT2D eigenvalue weighted by atomic mass is 9.75. The van der Waals surface area contributed by atoms with Gasteiger partial charge in [-0.1, -0.05) is 0 Å². The van der Waals surface area contributed by atoms with Gasteiger partial charge in [0.25, 0.3) is 40.5 Å². The van der Waals surface area contributed by atoms with E-state index in [0.717, 1.165) is 24.3 Å². The van der Waals surface area contributed by atoms with Gasteiger partial charge in [0.1, 0.15) is 46.0 Å².